The molecule has 160 valence electrons. The highest BCUT2D eigenvalue weighted by atomic mass is 16.6. The molecule has 0 bridgehead atoms. The zero-order valence-electron chi connectivity index (χ0n) is 17.2. The van der Waals surface area contributed by atoms with E-state index in [1.54, 1.807) is 0 Å². The molecule has 5 nitrogen and oxygen atoms in total. The van der Waals surface area contributed by atoms with Gasteiger partial charge in [0.25, 0.3) is 0 Å². The molecule has 1 rings (SSSR count). The molecule has 0 unspecified atom stereocenters. The molecule has 0 radical (unpaired) electrons. The van der Waals surface area contributed by atoms with Gasteiger partial charge in [0.2, 0.25) is 0 Å². The summed E-state index contributed by atoms with van der Waals surface area (Å²) in [5, 5.41) is 28.6. The Balaban J connectivity index is 1.93. The zero-order chi connectivity index (χ0) is 19.7. The predicted octanol–water partition coefficient (Wildman–Crippen LogP) is 3.74. The molecule has 0 aromatic carbocycles. The summed E-state index contributed by atoms with van der Waals surface area (Å²) < 4.78 is 11.0. The molecular formula is C22H42O5. The highest BCUT2D eigenvalue weighted by Crippen LogP contribution is 2.21. The molecule has 4 atom stereocenters. The normalized spacial score (nSPS) is 24.1. The van der Waals surface area contributed by atoms with E-state index in [0.29, 0.717) is 6.61 Å². The Labute approximate surface area is 165 Å². The predicted molar refractivity (Wildman–Crippen MR) is 109 cm³/mol. The monoisotopic (exact) mass is 386 g/mol. The van der Waals surface area contributed by atoms with Crippen LogP contribution in [0, 0.1) is 0 Å². The number of unbranched alkanes of at least 4 members (excludes halogenated alkanes) is 10. The van der Waals surface area contributed by atoms with E-state index in [0.717, 1.165) is 12.8 Å². The van der Waals surface area contributed by atoms with Crippen molar-refractivity contribution in [3.05, 3.63) is 12.2 Å². The molecule has 27 heavy (non-hydrogen) atoms. The van der Waals surface area contributed by atoms with Crippen LogP contribution in [0.2, 0.25) is 0 Å². The van der Waals surface area contributed by atoms with Crippen molar-refractivity contribution >= 4 is 0 Å². The fourth-order valence-corrected chi connectivity index (χ4v) is 3.52. The summed E-state index contributed by atoms with van der Waals surface area (Å²) in [6.07, 6.45) is 16.8. The maximum atomic E-state index is 9.86. The van der Waals surface area contributed by atoms with Gasteiger partial charge >= 0.3 is 0 Å². The second kappa shape index (κ2) is 16.5. The summed E-state index contributed by atoms with van der Waals surface area (Å²) in [6.45, 7) is 2.49. The van der Waals surface area contributed by atoms with Crippen LogP contribution in [0.15, 0.2) is 12.2 Å². The van der Waals surface area contributed by atoms with Crippen LogP contribution in [0.5, 0.6) is 0 Å². The Morgan fingerprint density at radius 3 is 2.19 bits per heavy atom. The zero-order valence-corrected chi connectivity index (χ0v) is 17.2. The van der Waals surface area contributed by atoms with Gasteiger partial charge in [-0.2, -0.15) is 0 Å². The molecule has 1 saturated heterocycles. The molecule has 0 spiro atoms. The lowest BCUT2D eigenvalue weighted by Crippen LogP contribution is -2.42. The molecule has 3 N–H and O–H groups in total. The van der Waals surface area contributed by atoms with Gasteiger partial charge in [-0.1, -0.05) is 76.9 Å². The molecule has 0 aromatic heterocycles. The lowest BCUT2D eigenvalue weighted by Gasteiger charge is -2.23. The second-order valence-electron chi connectivity index (χ2n) is 7.68. The van der Waals surface area contributed by atoms with Gasteiger partial charge in [-0.15, -0.1) is 0 Å². The fourth-order valence-electron chi connectivity index (χ4n) is 3.52. The van der Waals surface area contributed by atoms with Crippen LogP contribution < -0.4 is 0 Å². The van der Waals surface area contributed by atoms with Crippen molar-refractivity contribution in [3.63, 3.8) is 0 Å². The molecule has 0 aromatic rings. The van der Waals surface area contributed by atoms with Crippen molar-refractivity contribution in [1.82, 2.24) is 0 Å². The van der Waals surface area contributed by atoms with Gasteiger partial charge < -0.3 is 24.8 Å². The van der Waals surface area contributed by atoms with Crippen molar-refractivity contribution in [1.29, 1.82) is 0 Å². The van der Waals surface area contributed by atoms with Gasteiger partial charge in [0, 0.05) is 0 Å². The van der Waals surface area contributed by atoms with E-state index in [1.165, 1.54) is 64.2 Å². The van der Waals surface area contributed by atoms with Gasteiger partial charge in [-0.25, -0.2) is 0 Å². The molecular weight excluding hydrogens is 344 g/mol. The SMILES string of the molecule is CCCCCCCCCCCC/C=C/CCO[C@@H]1[C@H]([C@H](O)CO)OC[C@@H]1O. The first-order valence-corrected chi connectivity index (χ1v) is 11.1. The lowest BCUT2D eigenvalue weighted by atomic mass is 10.1. The molecule has 1 aliphatic rings. The minimum atomic E-state index is -1.01. The average Bonchev–Trinajstić information content (AvgIpc) is 3.04. The summed E-state index contributed by atoms with van der Waals surface area (Å²) in [5.41, 5.74) is 0. The van der Waals surface area contributed by atoms with Gasteiger partial charge in [0.15, 0.2) is 0 Å². The van der Waals surface area contributed by atoms with Crippen molar-refractivity contribution in [2.45, 2.75) is 108 Å². The number of aliphatic hydroxyl groups is 3. The first-order valence-electron chi connectivity index (χ1n) is 11.1. The highest BCUT2D eigenvalue weighted by molar-refractivity contribution is 4.89. The van der Waals surface area contributed by atoms with Gasteiger partial charge in [-0.3, -0.25) is 0 Å². The molecule has 1 fully saturated rings. The quantitative estimate of drug-likeness (QED) is 0.262. The minimum Gasteiger partial charge on any atom is -0.394 e. The molecule has 5 heteroatoms. The van der Waals surface area contributed by atoms with E-state index in [2.05, 4.69) is 19.1 Å². The molecule has 1 heterocycles. The topological polar surface area (TPSA) is 79.2 Å². The second-order valence-corrected chi connectivity index (χ2v) is 7.68. The summed E-state index contributed by atoms with van der Waals surface area (Å²) in [6, 6.07) is 0. The Kier molecular flexibility index (Phi) is 15.0. The van der Waals surface area contributed by atoms with Crippen molar-refractivity contribution in [3.8, 4) is 0 Å². The fraction of sp³-hybridized carbons (Fsp3) is 0.909. The maximum Gasteiger partial charge on any atom is 0.114 e. The van der Waals surface area contributed by atoms with Crippen molar-refractivity contribution in [2.24, 2.45) is 0 Å². The first-order chi connectivity index (χ1) is 13.2. The van der Waals surface area contributed by atoms with E-state index >= 15 is 0 Å². The van der Waals surface area contributed by atoms with Crippen LogP contribution >= 0.6 is 0 Å². The number of rotatable bonds is 17. The Morgan fingerprint density at radius 2 is 1.56 bits per heavy atom. The van der Waals surface area contributed by atoms with Crippen molar-refractivity contribution < 1.29 is 24.8 Å². The summed E-state index contributed by atoms with van der Waals surface area (Å²) in [7, 11) is 0. The van der Waals surface area contributed by atoms with Gasteiger partial charge in [0.1, 0.15) is 24.4 Å². The summed E-state index contributed by atoms with van der Waals surface area (Å²) in [4.78, 5) is 0. The van der Waals surface area contributed by atoms with Crippen LogP contribution in [0.3, 0.4) is 0 Å². The lowest BCUT2D eigenvalue weighted by molar-refractivity contribution is -0.0924. The number of aliphatic hydroxyl groups excluding tert-OH is 3. The Bertz CT molecular complexity index is 361. The van der Waals surface area contributed by atoms with Crippen LogP contribution in [-0.4, -0.2) is 59.6 Å². The summed E-state index contributed by atoms with van der Waals surface area (Å²) >= 11 is 0. The first kappa shape index (κ1) is 24.6. The van der Waals surface area contributed by atoms with E-state index in [4.69, 9.17) is 14.6 Å². The Hall–Kier alpha value is -0.460. The largest absolute Gasteiger partial charge is 0.394 e. The van der Waals surface area contributed by atoms with Crippen molar-refractivity contribution in [2.75, 3.05) is 19.8 Å². The summed E-state index contributed by atoms with van der Waals surface area (Å²) in [5.74, 6) is 0. The standard InChI is InChI=1S/C22H42O5/c1-2-3-4-5-6-7-8-9-10-11-12-13-14-15-16-26-22-20(25)18-27-21(22)19(24)17-23/h13-14,19-25H,2-12,15-18H2,1H3/b14-13+/t19-,20+,21+,22+/m1/s1. The third kappa shape index (κ3) is 11.2. The van der Waals surface area contributed by atoms with Gasteiger partial charge in [-0.05, 0) is 19.3 Å². The molecule has 0 aliphatic carbocycles. The van der Waals surface area contributed by atoms with Gasteiger partial charge in [0.05, 0.1) is 19.8 Å². The maximum absolute atomic E-state index is 9.86. The molecule has 0 amide bonds. The third-order valence-corrected chi connectivity index (χ3v) is 5.21. The highest BCUT2D eigenvalue weighted by Gasteiger charge is 2.40. The van der Waals surface area contributed by atoms with Crippen LogP contribution in [0.1, 0.15) is 84.0 Å². The minimum absolute atomic E-state index is 0.140. The van der Waals surface area contributed by atoms with Crippen LogP contribution in [-0.2, 0) is 9.47 Å². The smallest absolute Gasteiger partial charge is 0.114 e. The van der Waals surface area contributed by atoms with Crippen LogP contribution in [0.4, 0.5) is 0 Å². The number of ether oxygens (including phenoxy) is 2. The Morgan fingerprint density at radius 1 is 0.963 bits per heavy atom. The van der Waals surface area contributed by atoms with E-state index in [-0.39, 0.29) is 6.61 Å². The third-order valence-electron chi connectivity index (χ3n) is 5.21. The van der Waals surface area contributed by atoms with Crippen LogP contribution in [0.25, 0.3) is 0 Å². The number of allylic oxidation sites excluding steroid dienone is 1. The average molecular weight is 387 g/mol. The van der Waals surface area contributed by atoms with E-state index in [1.807, 2.05) is 0 Å². The molecule has 0 saturated carbocycles. The number of hydrogen-bond donors (Lipinski definition) is 3. The molecule has 1 aliphatic heterocycles. The number of hydrogen-bond acceptors (Lipinski definition) is 5. The van der Waals surface area contributed by atoms with E-state index < -0.39 is 31.0 Å². The van der Waals surface area contributed by atoms with E-state index in [9.17, 15) is 10.2 Å².